The van der Waals surface area contributed by atoms with Crippen molar-refractivity contribution in [1.82, 2.24) is 15.1 Å². The molecule has 1 aliphatic heterocycles. The molecule has 4 rings (SSSR count). The third-order valence-corrected chi connectivity index (χ3v) is 5.50. The monoisotopic (exact) mass is 368 g/mol. The van der Waals surface area contributed by atoms with Gasteiger partial charge in [0.1, 0.15) is 5.75 Å². The quantitative estimate of drug-likeness (QED) is 0.867. The van der Waals surface area contributed by atoms with Crippen molar-refractivity contribution in [3.05, 3.63) is 40.7 Å². The van der Waals surface area contributed by atoms with Gasteiger partial charge in [0.25, 0.3) is 0 Å². The van der Waals surface area contributed by atoms with Crippen LogP contribution in [0.4, 0.5) is 5.69 Å². The standard InChI is InChI=1S/C20H24N4O3/c1-24(11-18-13-5-3-4-6-17(13)22-23-18)20(26)15-10-19(25)21-16-8-7-12(27-2)9-14(15)16/h7-9,15H,3-6,10-11H2,1-2H3,(H,21,25)(H,22,23)/t15-/m1/s1. The molecule has 7 heteroatoms. The fourth-order valence-corrected chi connectivity index (χ4v) is 4.04. The molecule has 0 fully saturated rings. The number of rotatable bonds is 4. The van der Waals surface area contributed by atoms with E-state index in [1.165, 1.54) is 17.7 Å². The van der Waals surface area contributed by atoms with E-state index in [-0.39, 0.29) is 18.2 Å². The van der Waals surface area contributed by atoms with Crippen LogP contribution in [0.5, 0.6) is 5.75 Å². The number of methoxy groups -OCH3 is 1. The first-order valence-electron chi connectivity index (χ1n) is 9.34. The number of benzene rings is 1. The molecule has 1 aromatic heterocycles. The maximum absolute atomic E-state index is 13.2. The van der Waals surface area contributed by atoms with Gasteiger partial charge >= 0.3 is 0 Å². The molecule has 0 saturated carbocycles. The van der Waals surface area contributed by atoms with Crippen molar-refractivity contribution < 1.29 is 14.3 Å². The van der Waals surface area contributed by atoms with Gasteiger partial charge in [0, 0.05) is 24.8 Å². The van der Waals surface area contributed by atoms with E-state index in [0.717, 1.165) is 30.5 Å². The van der Waals surface area contributed by atoms with Crippen LogP contribution in [0, 0.1) is 0 Å². The number of hydrogen-bond acceptors (Lipinski definition) is 4. The average molecular weight is 368 g/mol. The number of fused-ring (bicyclic) bond motifs is 2. The van der Waals surface area contributed by atoms with Crippen LogP contribution in [-0.4, -0.2) is 41.1 Å². The van der Waals surface area contributed by atoms with E-state index in [0.29, 0.717) is 18.0 Å². The van der Waals surface area contributed by atoms with E-state index in [9.17, 15) is 9.59 Å². The number of carbonyl (C=O) groups is 2. The number of anilines is 1. The van der Waals surface area contributed by atoms with Gasteiger partial charge in [-0.2, -0.15) is 5.10 Å². The minimum absolute atomic E-state index is 0.0769. The molecule has 0 saturated heterocycles. The summed E-state index contributed by atoms with van der Waals surface area (Å²) >= 11 is 0. The molecule has 0 radical (unpaired) electrons. The van der Waals surface area contributed by atoms with Crippen LogP contribution in [0.3, 0.4) is 0 Å². The van der Waals surface area contributed by atoms with Crippen molar-refractivity contribution in [2.24, 2.45) is 0 Å². The fraction of sp³-hybridized carbons (Fsp3) is 0.450. The summed E-state index contributed by atoms with van der Waals surface area (Å²) in [5.74, 6) is -0.0566. The third-order valence-electron chi connectivity index (χ3n) is 5.50. The molecular formula is C20H24N4O3. The van der Waals surface area contributed by atoms with Crippen molar-refractivity contribution in [2.75, 3.05) is 19.5 Å². The fourth-order valence-electron chi connectivity index (χ4n) is 4.04. The van der Waals surface area contributed by atoms with Crippen LogP contribution in [0.25, 0.3) is 0 Å². The van der Waals surface area contributed by atoms with Gasteiger partial charge in [-0.15, -0.1) is 0 Å². The molecule has 0 bridgehead atoms. The Bertz CT molecular complexity index is 889. The predicted molar refractivity (Wildman–Crippen MR) is 101 cm³/mol. The van der Waals surface area contributed by atoms with Crippen LogP contribution >= 0.6 is 0 Å². The van der Waals surface area contributed by atoms with Gasteiger partial charge in [-0.1, -0.05) is 0 Å². The number of H-pyrrole nitrogens is 1. The summed E-state index contributed by atoms with van der Waals surface area (Å²) < 4.78 is 5.29. The van der Waals surface area contributed by atoms with Crippen molar-refractivity contribution in [1.29, 1.82) is 0 Å². The van der Waals surface area contributed by atoms with Crippen LogP contribution in [0.1, 0.15) is 47.7 Å². The lowest BCUT2D eigenvalue weighted by Gasteiger charge is -2.29. The minimum atomic E-state index is -0.511. The lowest BCUT2D eigenvalue weighted by Crippen LogP contribution is -2.36. The smallest absolute Gasteiger partial charge is 0.230 e. The average Bonchev–Trinajstić information content (AvgIpc) is 3.09. The number of aryl methyl sites for hydroxylation is 1. The van der Waals surface area contributed by atoms with Gasteiger partial charge in [-0.25, -0.2) is 0 Å². The largest absolute Gasteiger partial charge is 0.497 e. The lowest BCUT2D eigenvalue weighted by molar-refractivity contribution is -0.134. The molecule has 2 amide bonds. The molecule has 0 spiro atoms. The number of likely N-dealkylation sites (N-methyl/N-ethyl adjacent to an activating group) is 1. The number of amides is 2. The summed E-state index contributed by atoms with van der Waals surface area (Å²) in [4.78, 5) is 26.9. The summed E-state index contributed by atoms with van der Waals surface area (Å²) in [6, 6.07) is 5.41. The zero-order valence-corrected chi connectivity index (χ0v) is 15.7. The Labute approximate surface area is 158 Å². The van der Waals surface area contributed by atoms with Crippen LogP contribution in [0.2, 0.25) is 0 Å². The molecule has 1 aromatic carbocycles. The highest BCUT2D eigenvalue weighted by Crippen LogP contribution is 2.36. The first-order valence-corrected chi connectivity index (χ1v) is 9.34. The molecule has 2 aromatic rings. The maximum Gasteiger partial charge on any atom is 0.230 e. The second-order valence-electron chi connectivity index (χ2n) is 7.29. The van der Waals surface area contributed by atoms with Crippen LogP contribution in [-0.2, 0) is 29.0 Å². The summed E-state index contributed by atoms with van der Waals surface area (Å²) in [5.41, 5.74) is 4.87. The molecule has 27 heavy (non-hydrogen) atoms. The van der Waals surface area contributed by atoms with Gasteiger partial charge < -0.3 is 15.0 Å². The minimum Gasteiger partial charge on any atom is -0.497 e. The number of carbonyl (C=O) groups excluding carboxylic acids is 2. The highest BCUT2D eigenvalue weighted by Gasteiger charge is 2.33. The Morgan fingerprint density at radius 1 is 1.33 bits per heavy atom. The molecule has 2 heterocycles. The first-order chi connectivity index (χ1) is 13.1. The molecule has 2 aliphatic rings. The summed E-state index contributed by atoms with van der Waals surface area (Å²) in [6.07, 6.45) is 4.51. The maximum atomic E-state index is 13.2. The van der Waals surface area contributed by atoms with Crippen molar-refractivity contribution >= 4 is 17.5 Å². The molecule has 1 atom stereocenters. The highest BCUT2D eigenvalue weighted by molar-refractivity contribution is 6.01. The van der Waals surface area contributed by atoms with Gasteiger partial charge in [-0.05, 0) is 55.0 Å². The predicted octanol–water partition coefficient (Wildman–Crippen LogP) is 2.38. The Hall–Kier alpha value is -2.83. The van der Waals surface area contributed by atoms with E-state index >= 15 is 0 Å². The van der Waals surface area contributed by atoms with E-state index in [1.807, 2.05) is 6.07 Å². The molecule has 2 N–H and O–H groups in total. The van der Waals surface area contributed by atoms with Crippen molar-refractivity contribution in [3.63, 3.8) is 0 Å². The Kier molecular flexibility index (Phi) is 4.59. The SMILES string of the molecule is COc1ccc2c(c1)[C@H](C(=O)N(C)Cc1n[nH]c3c1CCCC3)CC(=O)N2. The van der Waals surface area contributed by atoms with E-state index in [2.05, 4.69) is 15.5 Å². The number of aromatic nitrogens is 2. The zero-order chi connectivity index (χ0) is 19.0. The number of aromatic amines is 1. The normalized spacial score (nSPS) is 18.3. The van der Waals surface area contributed by atoms with E-state index < -0.39 is 5.92 Å². The summed E-state index contributed by atoms with van der Waals surface area (Å²) in [7, 11) is 3.37. The molecule has 7 nitrogen and oxygen atoms in total. The number of nitrogens with one attached hydrogen (secondary N) is 2. The second-order valence-corrected chi connectivity index (χ2v) is 7.29. The first kappa shape index (κ1) is 17.6. The van der Waals surface area contributed by atoms with Crippen LogP contribution in [0.15, 0.2) is 18.2 Å². The Balaban J connectivity index is 1.57. The summed E-state index contributed by atoms with van der Waals surface area (Å²) in [5, 5.41) is 10.4. The molecule has 0 unspecified atom stereocenters. The van der Waals surface area contributed by atoms with Crippen molar-refractivity contribution in [2.45, 2.75) is 44.6 Å². The van der Waals surface area contributed by atoms with Gasteiger partial charge in [0.2, 0.25) is 11.8 Å². The Morgan fingerprint density at radius 2 is 2.15 bits per heavy atom. The highest BCUT2D eigenvalue weighted by atomic mass is 16.5. The Morgan fingerprint density at radius 3 is 2.96 bits per heavy atom. The van der Waals surface area contributed by atoms with Gasteiger partial charge in [-0.3, -0.25) is 14.7 Å². The summed E-state index contributed by atoms with van der Waals surface area (Å²) in [6.45, 7) is 0.447. The number of nitrogens with zero attached hydrogens (tertiary/aromatic N) is 2. The molecule has 142 valence electrons. The van der Waals surface area contributed by atoms with Crippen LogP contribution < -0.4 is 10.1 Å². The van der Waals surface area contributed by atoms with Gasteiger partial charge in [0.05, 0.1) is 25.3 Å². The van der Waals surface area contributed by atoms with E-state index in [1.54, 1.807) is 31.2 Å². The number of hydrogen-bond donors (Lipinski definition) is 2. The molecule has 1 aliphatic carbocycles. The van der Waals surface area contributed by atoms with E-state index in [4.69, 9.17) is 4.74 Å². The zero-order valence-electron chi connectivity index (χ0n) is 15.7. The number of ether oxygens (including phenoxy) is 1. The third kappa shape index (κ3) is 3.29. The lowest BCUT2D eigenvalue weighted by atomic mass is 9.89. The second kappa shape index (κ2) is 7.06. The van der Waals surface area contributed by atoms with Gasteiger partial charge in [0.15, 0.2) is 0 Å². The topological polar surface area (TPSA) is 87.3 Å². The molecular weight excluding hydrogens is 344 g/mol. The van der Waals surface area contributed by atoms with Crippen molar-refractivity contribution in [3.8, 4) is 5.75 Å².